The molecule has 108 valence electrons. The predicted octanol–water partition coefficient (Wildman–Crippen LogP) is 3.68. The maximum absolute atomic E-state index is 4.70. The van der Waals surface area contributed by atoms with Gasteiger partial charge in [-0.05, 0) is 53.4 Å². The molecule has 1 unspecified atom stereocenters. The first-order valence-electron chi connectivity index (χ1n) is 7.02. The Labute approximate surface area is 138 Å². The van der Waals surface area contributed by atoms with E-state index in [1.54, 1.807) is 0 Å². The van der Waals surface area contributed by atoms with Gasteiger partial charge in [-0.15, -0.1) is 0 Å². The fourth-order valence-electron chi connectivity index (χ4n) is 2.74. The number of aryl methyl sites for hydroxylation is 1. The molecule has 1 atom stereocenters. The molecule has 3 nitrogen and oxygen atoms in total. The van der Waals surface area contributed by atoms with Crippen molar-refractivity contribution >= 4 is 33.5 Å². The Balaban J connectivity index is 1.96. The van der Waals surface area contributed by atoms with E-state index in [1.165, 1.54) is 20.0 Å². The van der Waals surface area contributed by atoms with Crippen LogP contribution in [0.4, 0.5) is 0 Å². The van der Waals surface area contributed by atoms with Gasteiger partial charge in [0.25, 0.3) is 0 Å². The first kappa shape index (κ1) is 14.5. The van der Waals surface area contributed by atoms with Crippen molar-refractivity contribution in [2.45, 2.75) is 12.5 Å². The molecule has 0 saturated carbocycles. The highest BCUT2D eigenvalue weighted by molar-refractivity contribution is 14.1. The summed E-state index contributed by atoms with van der Waals surface area (Å²) in [4.78, 5) is 0. The van der Waals surface area contributed by atoms with Crippen LogP contribution in [0.2, 0.25) is 0 Å². The molecular formula is C17H18IN3. The van der Waals surface area contributed by atoms with Crippen molar-refractivity contribution < 1.29 is 0 Å². The van der Waals surface area contributed by atoms with Gasteiger partial charge in [0, 0.05) is 28.5 Å². The molecule has 3 aromatic rings. The molecule has 2 aromatic carbocycles. The number of nitrogens with zero attached hydrogens (tertiary/aromatic N) is 2. The summed E-state index contributed by atoms with van der Waals surface area (Å²) in [6, 6.07) is 17.3. The minimum absolute atomic E-state index is 0.276. The number of aromatic nitrogens is 2. The van der Waals surface area contributed by atoms with Crippen LogP contribution >= 0.6 is 22.6 Å². The second kappa shape index (κ2) is 6.15. The van der Waals surface area contributed by atoms with Gasteiger partial charge in [-0.1, -0.05) is 30.3 Å². The molecule has 0 amide bonds. The van der Waals surface area contributed by atoms with Crippen LogP contribution in [0.3, 0.4) is 0 Å². The first-order valence-corrected chi connectivity index (χ1v) is 8.10. The van der Waals surface area contributed by atoms with E-state index in [-0.39, 0.29) is 6.04 Å². The third-order valence-corrected chi connectivity index (χ3v) is 4.50. The maximum Gasteiger partial charge on any atom is 0.0722 e. The monoisotopic (exact) mass is 391 g/mol. The van der Waals surface area contributed by atoms with Gasteiger partial charge in [0.1, 0.15) is 0 Å². The van der Waals surface area contributed by atoms with Crippen LogP contribution in [0, 0.1) is 3.57 Å². The molecule has 0 fully saturated rings. The minimum Gasteiger partial charge on any atom is -0.313 e. The average Bonchev–Trinajstić information content (AvgIpc) is 2.82. The third-order valence-electron chi connectivity index (χ3n) is 3.83. The number of fused-ring (bicyclic) bond motifs is 1. The highest BCUT2D eigenvalue weighted by atomic mass is 127. The Kier molecular flexibility index (Phi) is 4.26. The fraction of sp³-hybridized carbons (Fsp3) is 0.235. The lowest BCUT2D eigenvalue weighted by atomic mass is 10.0. The van der Waals surface area contributed by atoms with E-state index in [2.05, 4.69) is 76.4 Å². The Morgan fingerprint density at radius 3 is 2.76 bits per heavy atom. The van der Waals surface area contributed by atoms with Crippen LogP contribution in [0.1, 0.15) is 17.3 Å². The lowest BCUT2D eigenvalue weighted by Crippen LogP contribution is -2.19. The van der Waals surface area contributed by atoms with Gasteiger partial charge in [-0.25, -0.2) is 0 Å². The molecule has 0 aliphatic rings. The topological polar surface area (TPSA) is 29.9 Å². The van der Waals surface area contributed by atoms with Crippen molar-refractivity contribution in [2.24, 2.45) is 7.05 Å². The molecule has 1 N–H and O–H groups in total. The zero-order valence-corrected chi connectivity index (χ0v) is 14.3. The van der Waals surface area contributed by atoms with Crippen LogP contribution in [-0.4, -0.2) is 16.8 Å². The number of likely N-dealkylation sites (N-methyl/N-ethyl adjacent to an activating group) is 1. The normalized spacial score (nSPS) is 12.7. The molecule has 0 aliphatic carbocycles. The van der Waals surface area contributed by atoms with Crippen molar-refractivity contribution in [2.75, 3.05) is 7.05 Å². The van der Waals surface area contributed by atoms with Gasteiger partial charge in [0.15, 0.2) is 0 Å². The molecule has 0 bridgehead atoms. The Morgan fingerprint density at radius 1 is 1.19 bits per heavy atom. The standard InChI is InChI=1S/C17H18IN3/c1-19-15(12-6-5-7-13(18)10-12)11-16-14-8-3-4-9-17(14)21(2)20-16/h3-10,15,19H,11H2,1-2H3. The summed E-state index contributed by atoms with van der Waals surface area (Å²) in [6.07, 6.45) is 0.887. The van der Waals surface area contributed by atoms with E-state index in [4.69, 9.17) is 5.10 Å². The largest absolute Gasteiger partial charge is 0.313 e. The summed E-state index contributed by atoms with van der Waals surface area (Å²) in [6.45, 7) is 0. The predicted molar refractivity (Wildman–Crippen MR) is 95.4 cm³/mol. The summed E-state index contributed by atoms with van der Waals surface area (Å²) in [5.41, 5.74) is 3.63. The Hall–Kier alpha value is -1.40. The third kappa shape index (κ3) is 2.96. The number of nitrogens with one attached hydrogen (secondary N) is 1. The lowest BCUT2D eigenvalue weighted by Gasteiger charge is -2.16. The SMILES string of the molecule is CNC(Cc1nn(C)c2ccccc12)c1cccc(I)c1. The smallest absolute Gasteiger partial charge is 0.0722 e. The zero-order chi connectivity index (χ0) is 14.8. The van der Waals surface area contributed by atoms with E-state index < -0.39 is 0 Å². The van der Waals surface area contributed by atoms with Gasteiger partial charge >= 0.3 is 0 Å². The van der Waals surface area contributed by atoms with Gasteiger partial charge in [-0.3, -0.25) is 4.68 Å². The van der Waals surface area contributed by atoms with Crippen molar-refractivity contribution in [1.29, 1.82) is 0 Å². The van der Waals surface area contributed by atoms with Crippen molar-refractivity contribution in [3.8, 4) is 0 Å². The molecule has 0 spiro atoms. The number of para-hydroxylation sites is 1. The van der Waals surface area contributed by atoms with Crippen molar-refractivity contribution in [1.82, 2.24) is 15.1 Å². The van der Waals surface area contributed by atoms with Crippen LogP contribution in [0.15, 0.2) is 48.5 Å². The van der Waals surface area contributed by atoms with E-state index in [9.17, 15) is 0 Å². The van der Waals surface area contributed by atoms with E-state index in [0.29, 0.717) is 0 Å². The second-order valence-electron chi connectivity index (χ2n) is 5.19. The quantitative estimate of drug-likeness (QED) is 0.688. The highest BCUT2D eigenvalue weighted by Gasteiger charge is 2.15. The lowest BCUT2D eigenvalue weighted by molar-refractivity contribution is 0.579. The first-order chi connectivity index (χ1) is 10.2. The number of benzene rings is 2. The number of halogens is 1. The number of hydrogen-bond acceptors (Lipinski definition) is 2. The van der Waals surface area contributed by atoms with E-state index in [1.807, 2.05) is 18.8 Å². The van der Waals surface area contributed by atoms with E-state index in [0.717, 1.165) is 12.1 Å². The molecule has 21 heavy (non-hydrogen) atoms. The molecule has 1 aromatic heterocycles. The summed E-state index contributed by atoms with van der Waals surface area (Å²) in [5.74, 6) is 0. The van der Waals surface area contributed by atoms with Gasteiger partial charge in [0.2, 0.25) is 0 Å². The van der Waals surface area contributed by atoms with Gasteiger partial charge in [0.05, 0.1) is 11.2 Å². The molecule has 1 heterocycles. The van der Waals surface area contributed by atoms with Crippen LogP contribution in [0.25, 0.3) is 10.9 Å². The summed E-state index contributed by atoms with van der Waals surface area (Å²) < 4.78 is 3.22. The molecule has 0 saturated heterocycles. The highest BCUT2D eigenvalue weighted by Crippen LogP contribution is 2.24. The van der Waals surface area contributed by atoms with E-state index >= 15 is 0 Å². The van der Waals surface area contributed by atoms with Crippen LogP contribution < -0.4 is 5.32 Å². The summed E-state index contributed by atoms with van der Waals surface area (Å²) >= 11 is 2.36. The van der Waals surface area contributed by atoms with Crippen molar-refractivity contribution in [3.63, 3.8) is 0 Å². The maximum atomic E-state index is 4.70. The summed E-state index contributed by atoms with van der Waals surface area (Å²) in [5, 5.41) is 9.36. The Bertz CT molecular complexity index is 764. The average molecular weight is 391 g/mol. The Morgan fingerprint density at radius 2 is 2.00 bits per heavy atom. The van der Waals surface area contributed by atoms with Crippen LogP contribution in [0.5, 0.6) is 0 Å². The number of hydrogen-bond donors (Lipinski definition) is 1. The molecule has 0 aliphatic heterocycles. The molecular weight excluding hydrogens is 373 g/mol. The minimum atomic E-state index is 0.276. The summed E-state index contributed by atoms with van der Waals surface area (Å²) in [7, 11) is 4.02. The second-order valence-corrected chi connectivity index (χ2v) is 6.43. The molecule has 4 heteroatoms. The zero-order valence-electron chi connectivity index (χ0n) is 12.2. The number of rotatable bonds is 4. The fourth-order valence-corrected chi connectivity index (χ4v) is 3.31. The van der Waals surface area contributed by atoms with Gasteiger partial charge < -0.3 is 5.32 Å². The molecule has 3 rings (SSSR count). The molecule has 0 radical (unpaired) electrons. The van der Waals surface area contributed by atoms with Crippen molar-refractivity contribution in [3.05, 3.63) is 63.4 Å². The van der Waals surface area contributed by atoms with Crippen LogP contribution in [-0.2, 0) is 13.5 Å². The van der Waals surface area contributed by atoms with Gasteiger partial charge in [-0.2, -0.15) is 5.10 Å².